The van der Waals surface area contributed by atoms with E-state index in [9.17, 15) is 22.8 Å². The summed E-state index contributed by atoms with van der Waals surface area (Å²) >= 11 is 5.46. The Morgan fingerprint density at radius 1 is 1.61 bits per heavy atom. The predicted molar refractivity (Wildman–Crippen MR) is 53.0 cm³/mol. The van der Waals surface area contributed by atoms with Crippen LogP contribution in [0, 0.1) is 0 Å². The molecule has 1 amide bonds. The fourth-order valence-electron chi connectivity index (χ4n) is 1.24. The summed E-state index contributed by atoms with van der Waals surface area (Å²) < 4.78 is 35.9. The lowest BCUT2D eigenvalue weighted by molar-refractivity contribution is -0.175. The number of alkyl halides is 3. The number of hydrogen-bond acceptors (Lipinski definition) is 4. The predicted octanol–water partition coefficient (Wildman–Crippen LogP) is 0.849. The van der Waals surface area contributed by atoms with Gasteiger partial charge < -0.3 is 15.3 Å². The van der Waals surface area contributed by atoms with Crippen LogP contribution in [0.2, 0.25) is 0 Å². The second-order valence-electron chi connectivity index (χ2n) is 3.50. The number of hydrogen-bond donors (Lipinski definition) is 2. The normalized spacial score (nSPS) is 20.9. The second-order valence-corrected chi connectivity index (χ2v) is 3.93. The van der Waals surface area contributed by atoms with Crippen molar-refractivity contribution >= 4 is 28.6 Å². The number of carbonyl (C=O) groups excluding carboxylic acids is 1. The molecular weight excluding hydrogens is 281 g/mol. The third-order valence-electron chi connectivity index (χ3n) is 2.06. The Morgan fingerprint density at radius 2 is 2.22 bits per heavy atom. The van der Waals surface area contributed by atoms with Gasteiger partial charge in [-0.1, -0.05) is 16.8 Å². The van der Waals surface area contributed by atoms with Crippen LogP contribution >= 0.6 is 11.6 Å². The molecule has 1 rings (SSSR count). The molecule has 0 saturated carbocycles. The Kier molecular flexibility index (Phi) is 4.38. The summed E-state index contributed by atoms with van der Waals surface area (Å²) in [5.41, 5.74) is 0. The molecule has 2 atom stereocenters. The Labute approximate surface area is 104 Å². The van der Waals surface area contributed by atoms with E-state index in [1.807, 2.05) is 0 Å². The average Bonchev–Trinajstić information content (AvgIpc) is 2.61. The minimum absolute atomic E-state index is 0.0892. The zero-order valence-corrected chi connectivity index (χ0v) is 9.46. The van der Waals surface area contributed by atoms with Crippen LogP contribution in [-0.2, 0) is 14.4 Å². The third-order valence-corrected chi connectivity index (χ3v) is 2.28. The molecule has 0 saturated heterocycles. The highest BCUT2D eigenvalue weighted by Gasteiger charge is 2.41. The molecule has 18 heavy (non-hydrogen) atoms. The summed E-state index contributed by atoms with van der Waals surface area (Å²) in [5, 5.41) is 13.5. The van der Waals surface area contributed by atoms with Crippen LogP contribution < -0.4 is 5.32 Å². The highest BCUT2D eigenvalue weighted by atomic mass is 35.5. The van der Waals surface area contributed by atoms with Gasteiger partial charge in [0.05, 0.1) is 0 Å². The molecule has 1 unspecified atom stereocenters. The maximum atomic E-state index is 12.0. The molecule has 0 aromatic carbocycles. The first-order valence-electron chi connectivity index (χ1n) is 4.69. The number of carboxylic acid groups (broad SMARTS) is 1. The van der Waals surface area contributed by atoms with Crippen molar-refractivity contribution in [3.8, 4) is 0 Å². The van der Waals surface area contributed by atoms with Gasteiger partial charge in [-0.2, -0.15) is 13.2 Å². The van der Waals surface area contributed by atoms with E-state index < -0.39 is 30.2 Å². The number of nitrogens with one attached hydrogen (secondary N) is 1. The molecule has 0 aromatic heterocycles. The standard InChI is InChI=1S/C8H8ClF3N2O4/c9-5-2-3(18-14-5)1-4(6(15)16)13-7(17)8(10,11)12/h3-4H,1-2H2,(H,13,17)(H,15,16)/t3?,4-/m0/s1. The highest BCUT2D eigenvalue weighted by molar-refractivity contribution is 6.65. The summed E-state index contributed by atoms with van der Waals surface area (Å²) in [6.07, 6.45) is -6.19. The highest BCUT2D eigenvalue weighted by Crippen LogP contribution is 2.19. The fraction of sp³-hybridized carbons (Fsp3) is 0.625. The lowest BCUT2D eigenvalue weighted by atomic mass is 10.1. The largest absolute Gasteiger partial charge is 0.480 e. The van der Waals surface area contributed by atoms with Gasteiger partial charge in [0.2, 0.25) is 0 Å². The van der Waals surface area contributed by atoms with Gasteiger partial charge in [0.15, 0.2) is 0 Å². The maximum absolute atomic E-state index is 12.0. The summed E-state index contributed by atoms with van der Waals surface area (Å²) in [6.45, 7) is 0. The number of halogens is 4. The minimum Gasteiger partial charge on any atom is -0.480 e. The van der Waals surface area contributed by atoms with Crippen molar-refractivity contribution in [1.82, 2.24) is 5.32 Å². The van der Waals surface area contributed by atoms with E-state index in [0.717, 1.165) is 0 Å². The molecule has 102 valence electrons. The van der Waals surface area contributed by atoms with Crippen LogP contribution in [-0.4, -0.2) is 40.5 Å². The molecule has 1 aliphatic rings. The number of amides is 1. The summed E-state index contributed by atoms with van der Waals surface area (Å²) in [5.74, 6) is -3.92. The van der Waals surface area contributed by atoms with Gasteiger partial charge >= 0.3 is 18.1 Å². The molecule has 0 bridgehead atoms. The molecule has 6 nitrogen and oxygen atoms in total. The molecular formula is C8H8ClF3N2O4. The quantitative estimate of drug-likeness (QED) is 0.803. The van der Waals surface area contributed by atoms with Gasteiger partial charge in [-0.05, 0) is 0 Å². The molecule has 0 aliphatic carbocycles. The molecule has 0 radical (unpaired) electrons. The Hall–Kier alpha value is -1.51. The molecule has 2 N–H and O–H groups in total. The second kappa shape index (κ2) is 5.42. The van der Waals surface area contributed by atoms with Crippen molar-refractivity contribution in [2.75, 3.05) is 0 Å². The first-order valence-corrected chi connectivity index (χ1v) is 5.06. The van der Waals surface area contributed by atoms with Crippen LogP contribution in [0.1, 0.15) is 12.8 Å². The Morgan fingerprint density at radius 3 is 2.61 bits per heavy atom. The minimum atomic E-state index is -5.14. The summed E-state index contributed by atoms with van der Waals surface area (Å²) in [4.78, 5) is 26.0. The molecule has 0 spiro atoms. The molecule has 0 aromatic rings. The summed E-state index contributed by atoms with van der Waals surface area (Å²) in [7, 11) is 0. The van der Waals surface area contributed by atoms with E-state index in [1.165, 1.54) is 5.32 Å². The summed E-state index contributed by atoms with van der Waals surface area (Å²) in [6, 6.07) is -1.72. The van der Waals surface area contributed by atoms with Crippen LogP contribution in [0.15, 0.2) is 5.16 Å². The smallest absolute Gasteiger partial charge is 0.471 e. The van der Waals surface area contributed by atoms with Gasteiger partial charge in [0, 0.05) is 12.8 Å². The Balaban J connectivity index is 2.56. The SMILES string of the molecule is O=C(O)[C@H](CC1CC(Cl)=NO1)NC(=O)C(F)(F)F. The monoisotopic (exact) mass is 288 g/mol. The van der Waals surface area contributed by atoms with E-state index in [1.54, 1.807) is 0 Å². The van der Waals surface area contributed by atoms with E-state index in [2.05, 4.69) is 9.99 Å². The zero-order valence-electron chi connectivity index (χ0n) is 8.70. The van der Waals surface area contributed by atoms with Gasteiger partial charge in [-0.15, -0.1) is 0 Å². The van der Waals surface area contributed by atoms with Crippen molar-refractivity contribution in [3.63, 3.8) is 0 Å². The van der Waals surface area contributed by atoms with Crippen molar-refractivity contribution in [3.05, 3.63) is 0 Å². The maximum Gasteiger partial charge on any atom is 0.471 e. The first kappa shape index (κ1) is 14.6. The van der Waals surface area contributed by atoms with E-state index in [0.29, 0.717) is 0 Å². The number of carboxylic acids is 1. The van der Waals surface area contributed by atoms with Crippen LogP contribution in [0.4, 0.5) is 13.2 Å². The van der Waals surface area contributed by atoms with Crippen molar-refractivity contribution in [2.45, 2.75) is 31.2 Å². The van der Waals surface area contributed by atoms with Crippen LogP contribution in [0.5, 0.6) is 0 Å². The molecule has 1 heterocycles. The molecule has 1 aliphatic heterocycles. The number of oxime groups is 1. The zero-order chi connectivity index (χ0) is 13.9. The topological polar surface area (TPSA) is 88.0 Å². The van der Waals surface area contributed by atoms with Crippen molar-refractivity contribution < 1.29 is 32.7 Å². The van der Waals surface area contributed by atoms with Gasteiger partial charge in [0.25, 0.3) is 0 Å². The lowest BCUT2D eigenvalue weighted by Gasteiger charge is -2.17. The number of nitrogens with zero attached hydrogens (tertiary/aromatic N) is 1. The van der Waals surface area contributed by atoms with Crippen LogP contribution in [0.25, 0.3) is 0 Å². The number of carbonyl (C=O) groups is 2. The fourth-order valence-corrected chi connectivity index (χ4v) is 1.46. The number of aliphatic carboxylic acids is 1. The third kappa shape index (κ3) is 4.06. The lowest BCUT2D eigenvalue weighted by Crippen LogP contribution is -2.48. The van der Waals surface area contributed by atoms with Crippen molar-refractivity contribution in [2.24, 2.45) is 5.16 Å². The van der Waals surface area contributed by atoms with Crippen LogP contribution in [0.3, 0.4) is 0 Å². The molecule has 10 heteroatoms. The first-order chi connectivity index (χ1) is 8.20. The van der Waals surface area contributed by atoms with E-state index in [-0.39, 0.29) is 18.0 Å². The van der Waals surface area contributed by atoms with Gasteiger partial charge in [-0.25, -0.2) is 4.79 Å². The van der Waals surface area contributed by atoms with Gasteiger partial charge in [0.1, 0.15) is 17.3 Å². The van der Waals surface area contributed by atoms with E-state index in [4.69, 9.17) is 16.7 Å². The van der Waals surface area contributed by atoms with Crippen molar-refractivity contribution in [1.29, 1.82) is 0 Å². The molecule has 0 fully saturated rings. The number of rotatable bonds is 4. The Bertz CT molecular complexity index is 385. The average molecular weight is 289 g/mol. The van der Waals surface area contributed by atoms with E-state index >= 15 is 0 Å². The van der Waals surface area contributed by atoms with Gasteiger partial charge in [-0.3, -0.25) is 4.79 Å².